The summed E-state index contributed by atoms with van der Waals surface area (Å²) in [5.41, 5.74) is 0. The first kappa shape index (κ1) is 12.0. The summed E-state index contributed by atoms with van der Waals surface area (Å²) in [7, 11) is 0. The van der Waals surface area contributed by atoms with E-state index in [1.807, 2.05) is 0 Å². The summed E-state index contributed by atoms with van der Waals surface area (Å²) in [6.45, 7) is -1.46. The maximum Gasteiger partial charge on any atom is 0.387 e. The van der Waals surface area contributed by atoms with Crippen molar-refractivity contribution in [3.05, 3.63) is 24.0 Å². The van der Waals surface area contributed by atoms with Crippen LogP contribution in [0.15, 0.2) is 18.2 Å². The molecule has 1 atom stereocenters. The average molecular weight is 247 g/mol. The molecular weight excluding hydrogens is 235 g/mol. The number of hydrogen-bond donors (Lipinski definition) is 1. The van der Waals surface area contributed by atoms with E-state index >= 15 is 0 Å². The molecule has 1 unspecified atom stereocenters. The molecule has 94 valence electrons. The standard InChI is InChI=1S/C11H12F3NO2/c12-9-5-7(17-11(13)14)1-2-10(9)16-8-3-4-15-6-8/h1-2,5,8,11,15H,3-4,6H2. The normalized spacial score (nSPS) is 19.6. The zero-order valence-electron chi connectivity index (χ0n) is 8.96. The molecule has 0 amide bonds. The Hall–Kier alpha value is -1.43. The predicted octanol–water partition coefficient (Wildman–Crippen LogP) is 2.17. The zero-order valence-corrected chi connectivity index (χ0v) is 8.96. The van der Waals surface area contributed by atoms with Gasteiger partial charge in [0.15, 0.2) is 11.6 Å². The molecule has 1 aliphatic heterocycles. The third-order valence-corrected chi connectivity index (χ3v) is 2.44. The largest absolute Gasteiger partial charge is 0.486 e. The van der Waals surface area contributed by atoms with Gasteiger partial charge in [-0.05, 0) is 25.1 Å². The van der Waals surface area contributed by atoms with Crippen LogP contribution in [0.1, 0.15) is 6.42 Å². The van der Waals surface area contributed by atoms with Crippen molar-refractivity contribution in [1.29, 1.82) is 0 Å². The van der Waals surface area contributed by atoms with E-state index in [2.05, 4.69) is 10.1 Å². The number of rotatable bonds is 4. The highest BCUT2D eigenvalue weighted by Gasteiger charge is 2.18. The maximum atomic E-state index is 13.5. The average Bonchev–Trinajstić information content (AvgIpc) is 2.74. The van der Waals surface area contributed by atoms with Crippen LogP contribution in [0.5, 0.6) is 11.5 Å². The van der Waals surface area contributed by atoms with Crippen LogP contribution in [0.2, 0.25) is 0 Å². The lowest BCUT2D eigenvalue weighted by Gasteiger charge is -2.13. The molecule has 1 heterocycles. The molecule has 17 heavy (non-hydrogen) atoms. The van der Waals surface area contributed by atoms with Gasteiger partial charge in [-0.1, -0.05) is 0 Å². The van der Waals surface area contributed by atoms with Gasteiger partial charge in [0.25, 0.3) is 0 Å². The molecular formula is C11H12F3NO2. The molecule has 1 fully saturated rings. The smallest absolute Gasteiger partial charge is 0.387 e. The zero-order chi connectivity index (χ0) is 12.3. The van der Waals surface area contributed by atoms with Crippen molar-refractivity contribution in [2.24, 2.45) is 0 Å². The second-order valence-electron chi connectivity index (χ2n) is 3.70. The summed E-state index contributed by atoms with van der Waals surface area (Å²) in [5.74, 6) is -0.857. The van der Waals surface area contributed by atoms with E-state index < -0.39 is 12.4 Å². The van der Waals surface area contributed by atoms with Crippen LogP contribution in [-0.4, -0.2) is 25.8 Å². The van der Waals surface area contributed by atoms with Gasteiger partial charge in [-0.3, -0.25) is 0 Å². The van der Waals surface area contributed by atoms with Gasteiger partial charge in [-0.2, -0.15) is 8.78 Å². The fourth-order valence-electron chi connectivity index (χ4n) is 1.66. The fourth-order valence-corrected chi connectivity index (χ4v) is 1.66. The van der Waals surface area contributed by atoms with E-state index in [9.17, 15) is 13.2 Å². The maximum absolute atomic E-state index is 13.5. The predicted molar refractivity (Wildman–Crippen MR) is 54.9 cm³/mol. The van der Waals surface area contributed by atoms with Gasteiger partial charge < -0.3 is 14.8 Å². The van der Waals surface area contributed by atoms with E-state index in [1.54, 1.807) is 0 Å². The molecule has 1 aromatic carbocycles. The van der Waals surface area contributed by atoms with Crippen molar-refractivity contribution in [2.75, 3.05) is 13.1 Å². The third kappa shape index (κ3) is 3.26. The van der Waals surface area contributed by atoms with Crippen LogP contribution in [0.3, 0.4) is 0 Å². The lowest BCUT2D eigenvalue weighted by molar-refractivity contribution is -0.0500. The van der Waals surface area contributed by atoms with Crippen LogP contribution >= 0.6 is 0 Å². The number of ether oxygens (including phenoxy) is 2. The summed E-state index contributed by atoms with van der Waals surface area (Å²) in [6.07, 6.45) is 0.723. The molecule has 1 saturated heterocycles. The van der Waals surface area contributed by atoms with Crippen molar-refractivity contribution >= 4 is 0 Å². The van der Waals surface area contributed by atoms with Gasteiger partial charge in [0, 0.05) is 12.6 Å². The Morgan fingerprint density at radius 2 is 2.18 bits per heavy atom. The topological polar surface area (TPSA) is 30.5 Å². The van der Waals surface area contributed by atoms with E-state index in [1.165, 1.54) is 12.1 Å². The molecule has 2 rings (SSSR count). The van der Waals surface area contributed by atoms with Crippen LogP contribution in [0, 0.1) is 5.82 Å². The molecule has 1 aliphatic rings. The number of benzene rings is 1. The minimum absolute atomic E-state index is 0.0558. The van der Waals surface area contributed by atoms with Gasteiger partial charge in [0.05, 0.1) is 0 Å². The van der Waals surface area contributed by atoms with Crippen LogP contribution < -0.4 is 14.8 Å². The van der Waals surface area contributed by atoms with Crippen molar-refractivity contribution < 1.29 is 22.6 Å². The summed E-state index contributed by atoms with van der Waals surface area (Å²) in [4.78, 5) is 0. The van der Waals surface area contributed by atoms with Crippen molar-refractivity contribution in [2.45, 2.75) is 19.1 Å². The van der Waals surface area contributed by atoms with Gasteiger partial charge in [0.2, 0.25) is 0 Å². The van der Waals surface area contributed by atoms with Crippen molar-refractivity contribution in [1.82, 2.24) is 5.32 Å². The fraction of sp³-hybridized carbons (Fsp3) is 0.455. The van der Waals surface area contributed by atoms with E-state index in [4.69, 9.17) is 4.74 Å². The molecule has 1 aromatic rings. The van der Waals surface area contributed by atoms with Crippen molar-refractivity contribution in [3.63, 3.8) is 0 Å². The highest BCUT2D eigenvalue weighted by molar-refractivity contribution is 5.33. The summed E-state index contributed by atoms with van der Waals surface area (Å²) >= 11 is 0. The number of alkyl halides is 2. The minimum atomic E-state index is -2.96. The second-order valence-corrected chi connectivity index (χ2v) is 3.70. The molecule has 3 nitrogen and oxygen atoms in total. The SMILES string of the molecule is Fc1cc(OC(F)F)ccc1OC1CCNC1. The minimum Gasteiger partial charge on any atom is -0.486 e. The van der Waals surface area contributed by atoms with Gasteiger partial charge in [0.1, 0.15) is 11.9 Å². The van der Waals surface area contributed by atoms with E-state index in [-0.39, 0.29) is 17.6 Å². The molecule has 6 heteroatoms. The molecule has 0 aliphatic carbocycles. The number of hydrogen-bond acceptors (Lipinski definition) is 3. The monoisotopic (exact) mass is 247 g/mol. The van der Waals surface area contributed by atoms with E-state index in [0.717, 1.165) is 19.0 Å². The Balaban J connectivity index is 2.03. The molecule has 0 radical (unpaired) electrons. The molecule has 1 N–H and O–H groups in total. The Kier molecular flexibility index (Phi) is 3.73. The molecule has 0 bridgehead atoms. The number of halogens is 3. The Labute approximate surface area is 96.5 Å². The molecule has 0 spiro atoms. The van der Waals surface area contributed by atoms with Gasteiger partial charge in [-0.15, -0.1) is 0 Å². The second kappa shape index (κ2) is 5.27. The Morgan fingerprint density at radius 1 is 1.35 bits per heavy atom. The van der Waals surface area contributed by atoms with Crippen molar-refractivity contribution in [3.8, 4) is 11.5 Å². The third-order valence-electron chi connectivity index (χ3n) is 2.44. The van der Waals surface area contributed by atoms with Crippen LogP contribution in [-0.2, 0) is 0 Å². The first-order valence-electron chi connectivity index (χ1n) is 5.27. The summed E-state index contributed by atoms with van der Waals surface area (Å²) in [6, 6.07) is 3.45. The quantitative estimate of drug-likeness (QED) is 0.884. The lowest BCUT2D eigenvalue weighted by Crippen LogP contribution is -2.20. The molecule has 0 aromatic heterocycles. The van der Waals surface area contributed by atoms with E-state index in [0.29, 0.717) is 6.54 Å². The first-order valence-corrected chi connectivity index (χ1v) is 5.27. The van der Waals surface area contributed by atoms with Crippen LogP contribution in [0.25, 0.3) is 0 Å². The van der Waals surface area contributed by atoms with Crippen LogP contribution in [0.4, 0.5) is 13.2 Å². The molecule has 0 saturated carbocycles. The highest BCUT2D eigenvalue weighted by Crippen LogP contribution is 2.25. The highest BCUT2D eigenvalue weighted by atomic mass is 19.3. The first-order chi connectivity index (χ1) is 8.15. The summed E-state index contributed by atoms with van der Waals surface area (Å²) < 4.78 is 46.7. The van der Waals surface area contributed by atoms with Gasteiger partial charge >= 0.3 is 6.61 Å². The lowest BCUT2D eigenvalue weighted by atomic mass is 10.3. The Morgan fingerprint density at radius 3 is 2.76 bits per heavy atom. The van der Waals surface area contributed by atoms with Gasteiger partial charge in [-0.25, -0.2) is 4.39 Å². The number of nitrogens with one attached hydrogen (secondary N) is 1. The Bertz CT molecular complexity index is 381. The summed E-state index contributed by atoms with van der Waals surface area (Å²) in [5, 5.41) is 3.08.